The number of carbonyl (C=O) groups is 1. The van der Waals surface area contributed by atoms with Gasteiger partial charge >= 0.3 is 5.97 Å². The van der Waals surface area contributed by atoms with Gasteiger partial charge in [-0.05, 0) is 18.6 Å². The van der Waals surface area contributed by atoms with E-state index in [1.54, 1.807) is 19.2 Å². The average Bonchev–Trinajstić information content (AvgIpc) is 2.18. The number of aromatic carboxylic acids is 1. The molecule has 76 valence electrons. The minimum absolute atomic E-state index is 0.101. The molecule has 14 heavy (non-hydrogen) atoms. The normalized spacial score (nSPS) is 9.86. The molecule has 4 nitrogen and oxygen atoms in total. The van der Waals surface area contributed by atoms with Crippen molar-refractivity contribution in [2.24, 2.45) is 0 Å². The molecule has 1 N–H and O–H groups in total. The van der Waals surface area contributed by atoms with Crippen LogP contribution in [-0.4, -0.2) is 22.7 Å². The van der Waals surface area contributed by atoms with E-state index in [2.05, 4.69) is 20.9 Å². The first kappa shape index (κ1) is 11.0. The molecule has 0 aromatic carbocycles. The van der Waals surface area contributed by atoms with Gasteiger partial charge in [0, 0.05) is 11.5 Å². The monoisotopic (exact) mass is 259 g/mol. The van der Waals surface area contributed by atoms with E-state index in [1.807, 2.05) is 0 Å². The van der Waals surface area contributed by atoms with Gasteiger partial charge in [-0.1, -0.05) is 15.9 Å². The Hall–Kier alpha value is -1.10. The molecule has 0 aliphatic carbocycles. The molecule has 0 unspecified atom stereocenters. The summed E-state index contributed by atoms with van der Waals surface area (Å²) in [5.74, 6) is -0.853. The number of carboxylic acids is 1. The maximum absolute atomic E-state index is 10.8. The van der Waals surface area contributed by atoms with Crippen LogP contribution in [-0.2, 0) is 5.33 Å². The Morgan fingerprint density at radius 2 is 2.43 bits per heavy atom. The van der Waals surface area contributed by atoms with Crippen molar-refractivity contribution in [1.82, 2.24) is 4.98 Å². The van der Waals surface area contributed by atoms with Crippen LogP contribution in [0.5, 0.6) is 5.88 Å². The summed E-state index contributed by atoms with van der Waals surface area (Å²) in [5, 5.41) is 9.45. The third-order valence-electron chi connectivity index (χ3n) is 1.57. The van der Waals surface area contributed by atoms with Crippen LogP contribution < -0.4 is 4.74 Å². The lowest BCUT2D eigenvalue weighted by Crippen LogP contribution is -2.05. The zero-order chi connectivity index (χ0) is 10.6. The number of aromatic nitrogens is 1. The van der Waals surface area contributed by atoms with Gasteiger partial charge in [-0.15, -0.1) is 0 Å². The first-order chi connectivity index (χ1) is 6.69. The number of carboxylic acid groups (broad SMARTS) is 1. The minimum Gasteiger partial charge on any atom is -0.477 e. The van der Waals surface area contributed by atoms with Crippen LogP contribution in [0.4, 0.5) is 0 Å². The Morgan fingerprint density at radius 3 is 2.93 bits per heavy atom. The van der Waals surface area contributed by atoms with E-state index in [0.717, 1.165) is 5.56 Å². The summed E-state index contributed by atoms with van der Waals surface area (Å²) in [4.78, 5) is 14.8. The second-order valence-electron chi connectivity index (χ2n) is 2.57. The van der Waals surface area contributed by atoms with Crippen molar-refractivity contribution in [3.8, 4) is 5.88 Å². The molecule has 0 aliphatic heterocycles. The summed E-state index contributed by atoms with van der Waals surface area (Å²) in [7, 11) is 0. The highest BCUT2D eigenvalue weighted by Crippen LogP contribution is 2.18. The number of pyridine rings is 1. The molecule has 1 aromatic rings. The number of nitrogens with zero attached hydrogens (tertiary/aromatic N) is 1. The summed E-state index contributed by atoms with van der Waals surface area (Å²) >= 11 is 3.23. The zero-order valence-corrected chi connectivity index (χ0v) is 9.24. The Balaban J connectivity index is 3.10. The standard InChI is InChI=1S/C9H10BrNO3/c1-2-14-8-7(9(12)13)3-6(4-10)5-11-8/h3,5H,2,4H2,1H3,(H,12,13). The van der Waals surface area contributed by atoms with Gasteiger partial charge in [-0.2, -0.15) is 0 Å². The predicted octanol–water partition coefficient (Wildman–Crippen LogP) is 2.07. The summed E-state index contributed by atoms with van der Waals surface area (Å²) in [5.41, 5.74) is 0.912. The van der Waals surface area contributed by atoms with E-state index in [9.17, 15) is 4.79 Å². The third kappa shape index (κ3) is 2.45. The van der Waals surface area contributed by atoms with Crippen molar-refractivity contribution in [3.05, 3.63) is 23.4 Å². The lowest BCUT2D eigenvalue weighted by atomic mass is 10.2. The maximum atomic E-state index is 10.8. The minimum atomic E-state index is -1.02. The number of halogens is 1. The molecular formula is C9H10BrNO3. The van der Waals surface area contributed by atoms with E-state index in [1.165, 1.54) is 0 Å². The van der Waals surface area contributed by atoms with Crippen molar-refractivity contribution in [2.75, 3.05) is 6.61 Å². The number of rotatable bonds is 4. The molecule has 0 aliphatic rings. The van der Waals surface area contributed by atoms with Crippen LogP contribution in [0.1, 0.15) is 22.8 Å². The van der Waals surface area contributed by atoms with E-state index >= 15 is 0 Å². The van der Waals surface area contributed by atoms with Crippen LogP contribution in [0.2, 0.25) is 0 Å². The SMILES string of the molecule is CCOc1ncc(CBr)cc1C(=O)O. The molecule has 0 fully saturated rings. The second kappa shape index (κ2) is 4.95. The van der Waals surface area contributed by atoms with E-state index in [-0.39, 0.29) is 11.4 Å². The van der Waals surface area contributed by atoms with Crippen LogP contribution in [0.15, 0.2) is 12.3 Å². The number of hydrogen-bond donors (Lipinski definition) is 1. The molecule has 1 aromatic heterocycles. The molecule has 5 heteroatoms. The fourth-order valence-electron chi connectivity index (χ4n) is 0.974. The third-order valence-corrected chi connectivity index (χ3v) is 2.22. The fourth-order valence-corrected chi connectivity index (χ4v) is 1.28. The van der Waals surface area contributed by atoms with Crippen LogP contribution >= 0.6 is 15.9 Å². The van der Waals surface area contributed by atoms with Crippen LogP contribution in [0.3, 0.4) is 0 Å². The first-order valence-electron chi connectivity index (χ1n) is 4.10. The number of alkyl halides is 1. The van der Waals surface area contributed by atoms with Crippen molar-refractivity contribution in [3.63, 3.8) is 0 Å². The summed E-state index contributed by atoms with van der Waals surface area (Å²) in [6.07, 6.45) is 1.59. The Labute approximate surface area is 90.0 Å². The highest BCUT2D eigenvalue weighted by molar-refractivity contribution is 9.08. The molecule has 0 amide bonds. The van der Waals surface area contributed by atoms with Gasteiger partial charge in [0.2, 0.25) is 5.88 Å². The highest BCUT2D eigenvalue weighted by atomic mass is 79.9. The second-order valence-corrected chi connectivity index (χ2v) is 3.13. The van der Waals surface area contributed by atoms with Crippen molar-refractivity contribution >= 4 is 21.9 Å². The molecule has 0 saturated heterocycles. The molecule has 0 spiro atoms. The molecule has 0 atom stereocenters. The molecule has 1 heterocycles. The van der Waals surface area contributed by atoms with Crippen LogP contribution in [0.25, 0.3) is 0 Å². The lowest BCUT2D eigenvalue weighted by Gasteiger charge is -2.06. The fraction of sp³-hybridized carbons (Fsp3) is 0.333. The van der Waals surface area contributed by atoms with E-state index < -0.39 is 5.97 Å². The number of ether oxygens (including phenoxy) is 1. The van der Waals surface area contributed by atoms with Gasteiger partial charge in [0.15, 0.2) is 0 Å². The smallest absolute Gasteiger partial charge is 0.341 e. The zero-order valence-electron chi connectivity index (χ0n) is 7.66. The lowest BCUT2D eigenvalue weighted by molar-refractivity contribution is 0.0691. The van der Waals surface area contributed by atoms with E-state index in [4.69, 9.17) is 9.84 Å². The Morgan fingerprint density at radius 1 is 1.71 bits per heavy atom. The van der Waals surface area contributed by atoms with Crippen molar-refractivity contribution in [2.45, 2.75) is 12.3 Å². The predicted molar refractivity (Wildman–Crippen MR) is 55.0 cm³/mol. The summed E-state index contributed by atoms with van der Waals surface area (Å²) in [6.45, 7) is 2.19. The average molecular weight is 260 g/mol. The molecule has 0 bridgehead atoms. The topological polar surface area (TPSA) is 59.4 Å². The first-order valence-corrected chi connectivity index (χ1v) is 5.22. The summed E-state index contributed by atoms with van der Waals surface area (Å²) < 4.78 is 5.09. The van der Waals surface area contributed by atoms with E-state index in [0.29, 0.717) is 11.9 Å². The maximum Gasteiger partial charge on any atom is 0.341 e. The van der Waals surface area contributed by atoms with Gasteiger partial charge in [-0.3, -0.25) is 0 Å². The Bertz CT molecular complexity index is 341. The van der Waals surface area contributed by atoms with Gasteiger partial charge in [0.05, 0.1) is 6.61 Å². The van der Waals surface area contributed by atoms with Crippen LogP contribution in [0, 0.1) is 0 Å². The molecule has 1 rings (SSSR count). The highest BCUT2D eigenvalue weighted by Gasteiger charge is 2.13. The quantitative estimate of drug-likeness (QED) is 0.842. The Kier molecular flexibility index (Phi) is 3.88. The largest absolute Gasteiger partial charge is 0.477 e. The summed E-state index contributed by atoms with van der Waals surface area (Å²) in [6, 6.07) is 1.55. The van der Waals surface area contributed by atoms with Gasteiger partial charge in [-0.25, -0.2) is 9.78 Å². The molecule has 0 saturated carbocycles. The van der Waals surface area contributed by atoms with Gasteiger partial charge in [0.25, 0.3) is 0 Å². The molecular weight excluding hydrogens is 250 g/mol. The number of hydrogen-bond acceptors (Lipinski definition) is 3. The van der Waals surface area contributed by atoms with Crippen molar-refractivity contribution in [1.29, 1.82) is 0 Å². The molecule has 0 radical (unpaired) electrons. The van der Waals surface area contributed by atoms with Crippen molar-refractivity contribution < 1.29 is 14.6 Å². The van der Waals surface area contributed by atoms with Gasteiger partial charge < -0.3 is 9.84 Å². The van der Waals surface area contributed by atoms with Gasteiger partial charge in [0.1, 0.15) is 5.56 Å².